The van der Waals surface area contributed by atoms with Crippen molar-refractivity contribution in [2.24, 2.45) is 0 Å². The van der Waals surface area contributed by atoms with Crippen LogP contribution in [0.1, 0.15) is 29.8 Å². The number of nitrogens with one attached hydrogen (secondary N) is 1. The average molecular weight is 467 g/mol. The van der Waals surface area contributed by atoms with Gasteiger partial charge in [0.1, 0.15) is 6.54 Å². The largest absolute Gasteiger partial charge is 0.462 e. The Morgan fingerprint density at radius 1 is 0.909 bits per heavy atom. The Morgan fingerprint density at radius 3 is 2.30 bits per heavy atom. The van der Waals surface area contributed by atoms with E-state index in [9.17, 15) is 18.0 Å². The lowest BCUT2D eigenvalue weighted by Gasteiger charge is -2.26. The van der Waals surface area contributed by atoms with Crippen molar-refractivity contribution in [3.05, 3.63) is 90.0 Å². The predicted molar refractivity (Wildman–Crippen MR) is 128 cm³/mol. The lowest BCUT2D eigenvalue weighted by molar-refractivity contribution is -0.114. The van der Waals surface area contributed by atoms with Crippen molar-refractivity contribution in [3.63, 3.8) is 0 Å². The van der Waals surface area contributed by atoms with Gasteiger partial charge in [0, 0.05) is 5.69 Å². The number of carbonyl (C=O) groups excluding carboxylic acids is 2. The summed E-state index contributed by atoms with van der Waals surface area (Å²) in [6.45, 7) is 3.43. The normalized spacial score (nSPS) is 11.0. The molecular formula is C25H26N2O5S. The molecule has 0 aromatic heterocycles. The van der Waals surface area contributed by atoms with E-state index in [-0.39, 0.29) is 11.5 Å². The smallest absolute Gasteiger partial charge is 0.338 e. The van der Waals surface area contributed by atoms with E-state index in [1.54, 1.807) is 55.5 Å². The zero-order valence-electron chi connectivity index (χ0n) is 18.5. The molecule has 0 heterocycles. The minimum atomic E-state index is -4.00. The van der Waals surface area contributed by atoms with Crippen LogP contribution in [0.4, 0.5) is 11.4 Å². The van der Waals surface area contributed by atoms with Gasteiger partial charge in [-0.2, -0.15) is 0 Å². The summed E-state index contributed by atoms with van der Waals surface area (Å²) in [7, 11) is -4.00. The predicted octanol–water partition coefficient (Wildman–Crippen LogP) is 4.26. The second-order valence-electron chi connectivity index (χ2n) is 7.16. The Balaban J connectivity index is 1.92. The van der Waals surface area contributed by atoms with Crippen LogP contribution in [0.15, 0.2) is 83.8 Å². The number of aryl methyl sites for hydroxylation is 1. The molecule has 0 aliphatic carbocycles. The molecule has 0 bridgehead atoms. The average Bonchev–Trinajstić information content (AvgIpc) is 2.83. The molecule has 0 aliphatic heterocycles. The van der Waals surface area contributed by atoms with Crippen molar-refractivity contribution >= 4 is 33.3 Å². The van der Waals surface area contributed by atoms with Gasteiger partial charge in [0.2, 0.25) is 5.91 Å². The summed E-state index contributed by atoms with van der Waals surface area (Å²) in [6, 6.07) is 21.4. The van der Waals surface area contributed by atoms with Crippen LogP contribution >= 0.6 is 0 Å². The van der Waals surface area contributed by atoms with Crippen molar-refractivity contribution in [2.45, 2.75) is 25.2 Å². The van der Waals surface area contributed by atoms with Gasteiger partial charge in [-0.1, -0.05) is 49.4 Å². The van der Waals surface area contributed by atoms with E-state index in [4.69, 9.17) is 4.74 Å². The van der Waals surface area contributed by atoms with E-state index >= 15 is 0 Å². The lowest BCUT2D eigenvalue weighted by Crippen LogP contribution is -2.38. The fraction of sp³-hybridized carbons (Fsp3) is 0.200. The van der Waals surface area contributed by atoms with E-state index < -0.39 is 28.4 Å². The Kier molecular flexibility index (Phi) is 7.84. The number of nitrogens with zero attached hydrogens (tertiary/aromatic N) is 1. The van der Waals surface area contributed by atoms with E-state index in [1.807, 2.05) is 19.1 Å². The summed E-state index contributed by atoms with van der Waals surface area (Å²) in [5, 5.41) is 2.69. The van der Waals surface area contributed by atoms with Gasteiger partial charge in [-0.3, -0.25) is 9.10 Å². The highest BCUT2D eigenvalue weighted by atomic mass is 32.2. The molecule has 3 rings (SSSR count). The summed E-state index contributed by atoms with van der Waals surface area (Å²) in [5.74, 6) is -1.04. The van der Waals surface area contributed by atoms with Crippen LogP contribution in [0.3, 0.4) is 0 Å². The molecule has 3 aromatic rings. The Labute approximate surface area is 194 Å². The molecule has 7 nitrogen and oxygen atoms in total. The summed E-state index contributed by atoms with van der Waals surface area (Å²) in [6.07, 6.45) is 0.597. The quantitative estimate of drug-likeness (QED) is 0.476. The number of hydrogen-bond acceptors (Lipinski definition) is 5. The first-order valence-electron chi connectivity index (χ1n) is 10.6. The van der Waals surface area contributed by atoms with Gasteiger partial charge in [0.05, 0.1) is 22.8 Å². The van der Waals surface area contributed by atoms with Gasteiger partial charge in [-0.05, 0) is 55.3 Å². The van der Waals surface area contributed by atoms with Gasteiger partial charge in [-0.15, -0.1) is 0 Å². The molecule has 1 amide bonds. The number of carbonyl (C=O) groups is 2. The fourth-order valence-corrected chi connectivity index (χ4v) is 4.82. The summed E-state index contributed by atoms with van der Waals surface area (Å²) < 4.78 is 33.1. The Morgan fingerprint density at radius 2 is 1.61 bits per heavy atom. The van der Waals surface area contributed by atoms with Crippen LogP contribution in [-0.2, 0) is 26.0 Å². The standard InChI is InChI=1S/C25H26N2O5S/c1-3-19-11-8-9-16-23(19)27(33(30,31)22-14-6-5-7-15-22)18-24(28)26-21-13-10-12-20(17-21)25(29)32-4-2/h5-17H,3-4,18H2,1-2H3,(H,26,28). The SMILES string of the molecule is CCOC(=O)c1cccc(NC(=O)CN(c2ccccc2CC)S(=O)(=O)c2ccccc2)c1. The van der Waals surface area contributed by atoms with E-state index in [0.717, 1.165) is 9.87 Å². The Hall–Kier alpha value is -3.65. The molecule has 33 heavy (non-hydrogen) atoms. The third kappa shape index (κ3) is 5.78. The summed E-state index contributed by atoms with van der Waals surface area (Å²) >= 11 is 0. The fourth-order valence-electron chi connectivity index (χ4n) is 3.34. The van der Waals surface area contributed by atoms with E-state index in [0.29, 0.717) is 23.4 Å². The van der Waals surface area contributed by atoms with Crippen LogP contribution in [0.25, 0.3) is 0 Å². The van der Waals surface area contributed by atoms with E-state index in [2.05, 4.69) is 5.32 Å². The van der Waals surface area contributed by atoms with Crippen LogP contribution in [-0.4, -0.2) is 33.4 Å². The molecule has 1 N–H and O–H groups in total. The number of sulfonamides is 1. The molecule has 8 heteroatoms. The maximum atomic E-state index is 13.5. The zero-order valence-corrected chi connectivity index (χ0v) is 19.3. The summed E-state index contributed by atoms with van der Waals surface area (Å²) in [5.41, 5.74) is 1.90. The maximum Gasteiger partial charge on any atom is 0.338 e. The van der Waals surface area contributed by atoms with Crippen molar-refractivity contribution in [1.82, 2.24) is 0 Å². The maximum absolute atomic E-state index is 13.5. The number of benzene rings is 3. The molecule has 172 valence electrons. The number of hydrogen-bond donors (Lipinski definition) is 1. The third-order valence-electron chi connectivity index (χ3n) is 4.92. The molecule has 0 radical (unpaired) electrons. The third-order valence-corrected chi connectivity index (χ3v) is 6.69. The van der Waals surface area contributed by atoms with Gasteiger partial charge in [0.25, 0.3) is 10.0 Å². The number of para-hydroxylation sites is 1. The van der Waals surface area contributed by atoms with Crippen molar-refractivity contribution in [1.29, 1.82) is 0 Å². The van der Waals surface area contributed by atoms with E-state index in [1.165, 1.54) is 18.2 Å². The second kappa shape index (κ2) is 10.8. The van der Waals surface area contributed by atoms with Crippen molar-refractivity contribution < 1.29 is 22.7 Å². The number of rotatable bonds is 9. The number of anilines is 2. The van der Waals surface area contributed by atoms with Crippen LogP contribution in [0.5, 0.6) is 0 Å². The number of esters is 1. The van der Waals surface area contributed by atoms with Crippen LogP contribution in [0, 0.1) is 0 Å². The minimum Gasteiger partial charge on any atom is -0.462 e. The van der Waals surface area contributed by atoms with Gasteiger partial charge in [0.15, 0.2) is 0 Å². The number of amides is 1. The highest BCUT2D eigenvalue weighted by Crippen LogP contribution is 2.27. The van der Waals surface area contributed by atoms with Gasteiger partial charge >= 0.3 is 5.97 Å². The highest BCUT2D eigenvalue weighted by molar-refractivity contribution is 7.92. The van der Waals surface area contributed by atoms with Crippen LogP contribution < -0.4 is 9.62 Å². The van der Waals surface area contributed by atoms with Gasteiger partial charge < -0.3 is 10.1 Å². The first-order chi connectivity index (χ1) is 15.9. The molecule has 0 atom stereocenters. The minimum absolute atomic E-state index is 0.0908. The lowest BCUT2D eigenvalue weighted by atomic mass is 10.1. The Bertz CT molecular complexity index is 1230. The monoisotopic (exact) mass is 466 g/mol. The number of ether oxygens (including phenoxy) is 1. The molecule has 3 aromatic carbocycles. The molecule has 0 fully saturated rings. The van der Waals surface area contributed by atoms with Crippen LogP contribution in [0.2, 0.25) is 0 Å². The summed E-state index contributed by atoms with van der Waals surface area (Å²) in [4.78, 5) is 25.0. The first-order valence-corrected chi connectivity index (χ1v) is 12.0. The molecule has 0 aliphatic rings. The van der Waals surface area contributed by atoms with Crippen molar-refractivity contribution in [2.75, 3.05) is 22.8 Å². The second-order valence-corrected chi connectivity index (χ2v) is 9.02. The molecular weight excluding hydrogens is 440 g/mol. The molecule has 0 spiro atoms. The molecule has 0 saturated carbocycles. The van der Waals surface area contributed by atoms with Gasteiger partial charge in [-0.25, -0.2) is 13.2 Å². The zero-order chi connectivity index (χ0) is 23.8. The first kappa shape index (κ1) is 24.0. The van der Waals surface area contributed by atoms with Crippen molar-refractivity contribution in [3.8, 4) is 0 Å². The highest BCUT2D eigenvalue weighted by Gasteiger charge is 2.28. The molecule has 0 unspecified atom stereocenters. The topological polar surface area (TPSA) is 92.8 Å². The molecule has 0 saturated heterocycles.